The molecular weight excluding hydrogens is 379 g/mol. The molecule has 0 bridgehead atoms. The molecule has 1 unspecified atom stereocenters. The van der Waals surface area contributed by atoms with Gasteiger partial charge in [-0.15, -0.1) is 24.8 Å². The topological polar surface area (TPSA) is 82.7 Å². The molecule has 7 nitrogen and oxygen atoms in total. The molecule has 0 aromatic heterocycles. The number of nitrogens with zero attached hydrogens (tertiary/aromatic N) is 1. The number of hydrogen-bond acceptors (Lipinski definition) is 5. The molecule has 0 saturated carbocycles. The summed E-state index contributed by atoms with van der Waals surface area (Å²) in [6, 6.07) is 7.23. The zero-order valence-corrected chi connectivity index (χ0v) is 16.8. The van der Waals surface area contributed by atoms with Crippen LogP contribution in [0, 0.1) is 0 Å². The average Bonchev–Trinajstić information content (AvgIpc) is 2.60. The van der Waals surface area contributed by atoms with E-state index in [1.54, 1.807) is 12.1 Å². The molecule has 0 radical (unpaired) electrons. The Balaban J connectivity index is 0.00000312. The van der Waals surface area contributed by atoms with Gasteiger partial charge >= 0.3 is 0 Å². The number of benzene rings is 1. The Hall–Kier alpha value is -1.38. The van der Waals surface area contributed by atoms with Crippen molar-refractivity contribution in [1.29, 1.82) is 0 Å². The maximum absolute atomic E-state index is 12.0. The van der Waals surface area contributed by atoms with E-state index in [4.69, 9.17) is 4.74 Å². The minimum atomic E-state index is -0.430. The van der Waals surface area contributed by atoms with Gasteiger partial charge in [-0.05, 0) is 31.8 Å². The van der Waals surface area contributed by atoms with Gasteiger partial charge in [-0.25, -0.2) is 0 Å². The highest BCUT2D eigenvalue weighted by atomic mass is 35.5. The number of carbonyl (C=O) groups excluding carboxylic acids is 2. The lowest BCUT2D eigenvalue weighted by molar-refractivity contribution is -0.134. The van der Waals surface area contributed by atoms with E-state index in [2.05, 4.69) is 16.0 Å². The van der Waals surface area contributed by atoms with Gasteiger partial charge in [-0.2, -0.15) is 0 Å². The van der Waals surface area contributed by atoms with Crippen molar-refractivity contribution < 1.29 is 14.3 Å². The molecule has 0 aliphatic carbocycles. The average molecular weight is 407 g/mol. The summed E-state index contributed by atoms with van der Waals surface area (Å²) in [6.45, 7) is 3.70. The smallest absolute Gasteiger partial charge is 0.251 e. The molecule has 3 N–H and O–H groups in total. The lowest BCUT2D eigenvalue weighted by atomic mass is 10.1. The van der Waals surface area contributed by atoms with Crippen LogP contribution in [0.3, 0.4) is 0 Å². The molecule has 1 heterocycles. The summed E-state index contributed by atoms with van der Waals surface area (Å²) in [5.41, 5.74) is 1.56. The number of halogens is 2. The van der Waals surface area contributed by atoms with E-state index in [1.165, 1.54) is 0 Å². The SMILES string of the molecule is CN(C)CCNC(=O)c1ccc(CNC(=O)C2CNCCO2)cc1.Cl.Cl. The molecule has 2 amide bonds. The molecule has 1 aromatic rings. The van der Waals surface area contributed by atoms with Gasteiger partial charge in [0, 0.05) is 38.3 Å². The molecule has 2 rings (SSSR count). The highest BCUT2D eigenvalue weighted by Gasteiger charge is 2.21. The minimum absolute atomic E-state index is 0. The highest BCUT2D eigenvalue weighted by Crippen LogP contribution is 2.05. The van der Waals surface area contributed by atoms with Crippen LogP contribution in [0.5, 0.6) is 0 Å². The van der Waals surface area contributed by atoms with Gasteiger partial charge in [-0.1, -0.05) is 12.1 Å². The van der Waals surface area contributed by atoms with Crippen LogP contribution in [0.15, 0.2) is 24.3 Å². The molecule has 0 spiro atoms. The van der Waals surface area contributed by atoms with Gasteiger partial charge in [0.15, 0.2) is 0 Å². The maximum Gasteiger partial charge on any atom is 0.251 e. The monoisotopic (exact) mass is 406 g/mol. The number of nitrogens with one attached hydrogen (secondary N) is 3. The third-order valence-corrected chi connectivity index (χ3v) is 3.75. The zero-order chi connectivity index (χ0) is 17.4. The van der Waals surface area contributed by atoms with E-state index in [0.717, 1.165) is 18.7 Å². The van der Waals surface area contributed by atoms with Gasteiger partial charge < -0.3 is 25.6 Å². The van der Waals surface area contributed by atoms with Crippen LogP contribution in [-0.4, -0.2) is 69.7 Å². The zero-order valence-electron chi connectivity index (χ0n) is 15.1. The molecule has 1 aromatic carbocycles. The van der Waals surface area contributed by atoms with Gasteiger partial charge in [0.1, 0.15) is 6.10 Å². The largest absolute Gasteiger partial charge is 0.366 e. The molecule has 26 heavy (non-hydrogen) atoms. The Bertz CT molecular complexity index is 549. The molecule has 1 fully saturated rings. The molecule has 1 aliphatic rings. The Morgan fingerprint density at radius 1 is 1.19 bits per heavy atom. The van der Waals surface area contributed by atoms with Gasteiger partial charge in [-0.3, -0.25) is 9.59 Å². The third-order valence-electron chi connectivity index (χ3n) is 3.75. The van der Waals surface area contributed by atoms with Crippen LogP contribution >= 0.6 is 24.8 Å². The molecule has 1 atom stereocenters. The molecular formula is C17H28Cl2N4O3. The fourth-order valence-corrected chi connectivity index (χ4v) is 2.31. The quantitative estimate of drug-likeness (QED) is 0.611. The fourth-order valence-electron chi connectivity index (χ4n) is 2.31. The summed E-state index contributed by atoms with van der Waals surface area (Å²) >= 11 is 0. The van der Waals surface area contributed by atoms with Gasteiger partial charge in [0.05, 0.1) is 6.61 Å². The number of ether oxygens (including phenoxy) is 1. The van der Waals surface area contributed by atoms with E-state index in [0.29, 0.717) is 31.8 Å². The minimum Gasteiger partial charge on any atom is -0.366 e. The van der Waals surface area contributed by atoms with Crippen molar-refractivity contribution in [3.05, 3.63) is 35.4 Å². The van der Waals surface area contributed by atoms with E-state index in [-0.39, 0.29) is 36.6 Å². The standard InChI is InChI=1S/C17H26N4O3.2ClH/c1-21(2)9-7-19-16(22)14-5-3-13(4-6-14)11-20-17(23)15-12-18-8-10-24-15;;/h3-6,15,18H,7-12H2,1-2H3,(H,19,22)(H,20,23);2*1H. The highest BCUT2D eigenvalue weighted by molar-refractivity contribution is 5.94. The summed E-state index contributed by atoms with van der Waals surface area (Å²) in [6.07, 6.45) is -0.430. The lowest BCUT2D eigenvalue weighted by Crippen LogP contribution is -2.47. The van der Waals surface area contributed by atoms with E-state index < -0.39 is 6.10 Å². The first-order valence-electron chi connectivity index (χ1n) is 8.18. The first kappa shape index (κ1) is 24.6. The molecule has 9 heteroatoms. The predicted molar refractivity (Wildman–Crippen MR) is 106 cm³/mol. The number of likely N-dealkylation sites (N-methyl/N-ethyl adjacent to an activating group) is 1. The Morgan fingerprint density at radius 3 is 2.46 bits per heavy atom. The molecule has 1 saturated heterocycles. The summed E-state index contributed by atoms with van der Waals surface area (Å²) in [4.78, 5) is 26.0. The van der Waals surface area contributed by atoms with Crippen molar-refractivity contribution in [2.75, 3.05) is 46.9 Å². The number of amides is 2. The summed E-state index contributed by atoms with van der Waals surface area (Å²) in [5.74, 6) is -0.207. The summed E-state index contributed by atoms with van der Waals surface area (Å²) < 4.78 is 5.40. The van der Waals surface area contributed by atoms with Crippen LogP contribution in [0.4, 0.5) is 0 Å². The third kappa shape index (κ3) is 8.33. The van der Waals surface area contributed by atoms with Crippen LogP contribution < -0.4 is 16.0 Å². The van der Waals surface area contributed by atoms with Crippen LogP contribution in [0.2, 0.25) is 0 Å². The first-order chi connectivity index (χ1) is 11.6. The van der Waals surface area contributed by atoms with Gasteiger partial charge in [0.25, 0.3) is 11.8 Å². The number of carbonyl (C=O) groups is 2. The van der Waals surface area contributed by atoms with Crippen LogP contribution in [-0.2, 0) is 16.1 Å². The van der Waals surface area contributed by atoms with E-state index in [1.807, 2.05) is 31.1 Å². The van der Waals surface area contributed by atoms with Crippen molar-refractivity contribution in [2.24, 2.45) is 0 Å². The lowest BCUT2D eigenvalue weighted by Gasteiger charge is -2.22. The Kier molecular flexibility index (Phi) is 12.2. The van der Waals surface area contributed by atoms with Crippen LogP contribution in [0.1, 0.15) is 15.9 Å². The second kappa shape index (κ2) is 12.9. The van der Waals surface area contributed by atoms with Crippen molar-refractivity contribution in [2.45, 2.75) is 12.6 Å². The second-order valence-electron chi connectivity index (χ2n) is 6.04. The van der Waals surface area contributed by atoms with Crippen molar-refractivity contribution in [3.63, 3.8) is 0 Å². The van der Waals surface area contributed by atoms with Crippen molar-refractivity contribution in [3.8, 4) is 0 Å². The normalized spacial score (nSPS) is 16.2. The first-order valence-corrected chi connectivity index (χ1v) is 8.18. The summed E-state index contributed by atoms with van der Waals surface area (Å²) in [5, 5.41) is 8.85. The second-order valence-corrected chi connectivity index (χ2v) is 6.04. The van der Waals surface area contributed by atoms with Crippen molar-refractivity contribution in [1.82, 2.24) is 20.9 Å². The van der Waals surface area contributed by atoms with E-state index >= 15 is 0 Å². The molecule has 148 valence electrons. The number of hydrogen-bond donors (Lipinski definition) is 3. The molecule has 1 aliphatic heterocycles. The summed E-state index contributed by atoms with van der Waals surface area (Å²) in [7, 11) is 3.92. The number of morpholine rings is 1. The van der Waals surface area contributed by atoms with Crippen molar-refractivity contribution >= 4 is 36.6 Å². The fraction of sp³-hybridized carbons (Fsp3) is 0.529. The predicted octanol–water partition coefficient (Wildman–Crippen LogP) is 0.426. The Labute approximate surface area is 167 Å². The number of rotatable bonds is 7. The van der Waals surface area contributed by atoms with Crippen LogP contribution in [0.25, 0.3) is 0 Å². The van der Waals surface area contributed by atoms with Gasteiger partial charge in [0.2, 0.25) is 0 Å². The van der Waals surface area contributed by atoms with E-state index in [9.17, 15) is 9.59 Å². The maximum atomic E-state index is 12.0. The Morgan fingerprint density at radius 2 is 1.88 bits per heavy atom.